The summed E-state index contributed by atoms with van der Waals surface area (Å²) in [6, 6.07) is 9.23. The average Bonchev–Trinajstić information content (AvgIpc) is 2.89. The van der Waals surface area contributed by atoms with Crippen LogP contribution in [0, 0.1) is 10.1 Å². The van der Waals surface area contributed by atoms with Crippen molar-refractivity contribution in [1.82, 2.24) is 0 Å². The Morgan fingerprint density at radius 3 is 2.42 bits per heavy atom. The highest BCUT2D eigenvalue weighted by molar-refractivity contribution is 7.11. The number of carboxylic acids is 1. The minimum absolute atomic E-state index is 0.0230. The zero-order valence-corrected chi connectivity index (χ0v) is 10.5. The molecule has 1 aromatic carbocycles. The molecule has 0 spiro atoms. The second-order valence-corrected chi connectivity index (χ2v) is 4.64. The number of nitrogens with zero attached hydrogens (tertiary/aromatic N) is 1. The summed E-state index contributed by atoms with van der Waals surface area (Å²) in [5.41, 5.74) is 0.755. The van der Waals surface area contributed by atoms with Crippen LogP contribution in [0.3, 0.4) is 0 Å². The van der Waals surface area contributed by atoms with Gasteiger partial charge in [-0.05, 0) is 35.2 Å². The van der Waals surface area contributed by atoms with Crippen molar-refractivity contribution < 1.29 is 14.8 Å². The quantitative estimate of drug-likeness (QED) is 0.527. The van der Waals surface area contributed by atoms with Gasteiger partial charge in [0.1, 0.15) is 0 Å². The van der Waals surface area contributed by atoms with Crippen LogP contribution in [-0.4, -0.2) is 16.0 Å². The number of thiophene rings is 1. The van der Waals surface area contributed by atoms with Crippen molar-refractivity contribution in [2.75, 3.05) is 0 Å². The molecule has 0 radical (unpaired) electrons. The molecule has 6 heteroatoms. The van der Waals surface area contributed by atoms with Crippen molar-refractivity contribution in [3.63, 3.8) is 0 Å². The molecule has 1 aromatic heterocycles. The van der Waals surface area contributed by atoms with Gasteiger partial charge < -0.3 is 5.11 Å². The van der Waals surface area contributed by atoms with Gasteiger partial charge in [-0.1, -0.05) is 6.07 Å². The van der Waals surface area contributed by atoms with Gasteiger partial charge in [0.2, 0.25) is 0 Å². The van der Waals surface area contributed by atoms with Crippen LogP contribution < -0.4 is 0 Å². The van der Waals surface area contributed by atoms with Gasteiger partial charge in [0, 0.05) is 17.0 Å². The van der Waals surface area contributed by atoms with Gasteiger partial charge in [0.15, 0.2) is 0 Å². The van der Waals surface area contributed by atoms with Crippen molar-refractivity contribution in [3.05, 3.63) is 62.3 Å². The summed E-state index contributed by atoms with van der Waals surface area (Å²) < 4.78 is 0. The molecule has 2 rings (SSSR count). The maximum Gasteiger partial charge on any atom is 0.337 e. The first-order chi connectivity index (χ1) is 9.08. The minimum Gasteiger partial charge on any atom is -0.478 e. The molecular formula is C13H9NO4S. The summed E-state index contributed by atoms with van der Waals surface area (Å²) in [5, 5.41) is 21.5. The van der Waals surface area contributed by atoms with E-state index in [4.69, 9.17) is 0 Å². The Morgan fingerprint density at radius 1 is 1.26 bits per heavy atom. The first-order valence-corrected chi connectivity index (χ1v) is 6.19. The molecule has 0 fully saturated rings. The van der Waals surface area contributed by atoms with Crippen LogP contribution in [-0.2, 0) is 4.79 Å². The standard InChI is InChI=1S/C13H9NO4S/c15-13(16)11(12-2-1-7-19-12)8-9-3-5-10(6-4-9)14(17)18/h1-8H,(H,15,16)/b11-8-. The van der Waals surface area contributed by atoms with E-state index in [1.807, 2.05) is 0 Å². The predicted molar refractivity (Wildman–Crippen MR) is 72.9 cm³/mol. The predicted octanol–water partition coefficient (Wildman–Crippen LogP) is 3.28. The molecule has 0 atom stereocenters. The highest BCUT2D eigenvalue weighted by atomic mass is 32.1. The van der Waals surface area contributed by atoms with Crippen LogP contribution in [0.4, 0.5) is 5.69 Å². The van der Waals surface area contributed by atoms with Crippen molar-refractivity contribution in [1.29, 1.82) is 0 Å². The summed E-state index contributed by atoms with van der Waals surface area (Å²) in [6.07, 6.45) is 1.50. The summed E-state index contributed by atoms with van der Waals surface area (Å²) in [6.45, 7) is 0. The second kappa shape index (κ2) is 5.45. The Balaban J connectivity index is 2.37. The molecule has 0 aliphatic rings. The largest absolute Gasteiger partial charge is 0.478 e. The van der Waals surface area contributed by atoms with Gasteiger partial charge in [0.25, 0.3) is 5.69 Å². The summed E-state index contributed by atoms with van der Waals surface area (Å²) in [5.74, 6) is -1.03. The van der Waals surface area contributed by atoms with Gasteiger partial charge >= 0.3 is 5.97 Å². The molecule has 96 valence electrons. The fourth-order valence-corrected chi connectivity index (χ4v) is 2.26. The minimum atomic E-state index is -1.03. The van der Waals surface area contributed by atoms with E-state index in [1.54, 1.807) is 17.5 Å². The van der Waals surface area contributed by atoms with E-state index in [9.17, 15) is 20.0 Å². The average molecular weight is 275 g/mol. The Morgan fingerprint density at radius 2 is 1.95 bits per heavy atom. The Bertz CT molecular complexity index is 629. The number of non-ortho nitro benzene ring substituents is 1. The first kappa shape index (κ1) is 13.0. The zero-order chi connectivity index (χ0) is 13.8. The summed E-state index contributed by atoms with van der Waals surface area (Å²) >= 11 is 1.33. The molecule has 0 bridgehead atoms. The maximum absolute atomic E-state index is 11.2. The number of carboxylic acid groups (broad SMARTS) is 1. The third kappa shape index (κ3) is 3.05. The van der Waals surface area contributed by atoms with Crippen LogP contribution >= 0.6 is 11.3 Å². The molecule has 0 aliphatic carbocycles. The van der Waals surface area contributed by atoms with Gasteiger partial charge in [-0.25, -0.2) is 4.79 Å². The third-order valence-electron chi connectivity index (χ3n) is 2.43. The van der Waals surface area contributed by atoms with Crippen LogP contribution in [0.2, 0.25) is 0 Å². The number of carbonyl (C=O) groups is 1. The molecule has 0 aliphatic heterocycles. The maximum atomic E-state index is 11.2. The fourth-order valence-electron chi connectivity index (χ4n) is 1.53. The molecule has 1 heterocycles. The number of nitro groups is 1. The van der Waals surface area contributed by atoms with E-state index in [2.05, 4.69) is 0 Å². The number of aliphatic carboxylic acids is 1. The van der Waals surface area contributed by atoms with Crippen LogP contribution in [0.15, 0.2) is 41.8 Å². The Labute approximate surface area is 112 Å². The highest BCUT2D eigenvalue weighted by Crippen LogP contribution is 2.23. The number of hydrogen-bond acceptors (Lipinski definition) is 4. The molecule has 1 N–H and O–H groups in total. The van der Waals surface area contributed by atoms with E-state index in [1.165, 1.54) is 41.7 Å². The number of benzene rings is 1. The second-order valence-electron chi connectivity index (χ2n) is 3.69. The van der Waals surface area contributed by atoms with E-state index in [0.29, 0.717) is 10.4 Å². The lowest BCUT2D eigenvalue weighted by atomic mass is 10.1. The molecular weight excluding hydrogens is 266 g/mol. The smallest absolute Gasteiger partial charge is 0.337 e. The molecule has 2 aromatic rings. The highest BCUT2D eigenvalue weighted by Gasteiger charge is 2.11. The van der Waals surface area contributed by atoms with Crippen LogP contribution in [0.5, 0.6) is 0 Å². The SMILES string of the molecule is O=C(O)/C(=C\c1ccc([N+](=O)[O-])cc1)c1cccs1. The van der Waals surface area contributed by atoms with Crippen molar-refractivity contribution in [3.8, 4) is 0 Å². The monoisotopic (exact) mass is 275 g/mol. The zero-order valence-electron chi connectivity index (χ0n) is 9.65. The van der Waals surface area contributed by atoms with Crippen LogP contribution in [0.1, 0.15) is 10.4 Å². The van der Waals surface area contributed by atoms with Gasteiger partial charge in [-0.15, -0.1) is 11.3 Å². The number of nitro benzene ring substituents is 1. The topological polar surface area (TPSA) is 80.4 Å². The number of rotatable bonds is 4. The molecule has 0 saturated heterocycles. The Kier molecular flexibility index (Phi) is 3.72. The third-order valence-corrected chi connectivity index (χ3v) is 3.34. The lowest BCUT2D eigenvalue weighted by molar-refractivity contribution is -0.384. The van der Waals surface area contributed by atoms with E-state index >= 15 is 0 Å². The fraction of sp³-hybridized carbons (Fsp3) is 0. The van der Waals surface area contributed by atoms with Crippen molar-refractivity contribution in [2.24, 2.45) is 0 Å². The molecule has 0 saturated carbocycles. The lowest BCUT2D eigenvalue weighted by Crippen LogP contribution is -1.97. The van der Waals surface area contributed by atoms with E-state index < -0.39 is 10.9 Å². The van der Waals surface area contributed by atoms with E-state index in [0.717, 1.165) is 0 Å². The molecule has 0 amide bonds. The Hall–Kier alpha value is -2.47. The lowest BCUT2D eigenvalue weighted by Gasteiger charge is -1.99. The van der Waals surface area contributed by atoms with Gasteiger partial charge in [-0.2, -0.15) is 0 Å². The molecule has 19 heavy (non-hydrogen) atoms. The van der Waals surface area contributed by atoms with Crippen molar-refractivity contribution >= 4 is 34.6 Å². The van der Waals surface area contributed by atoms with Crippen LogP contribution in [0.25, 0.3) is 11.6 Å². The first-order valence-electron chi connectivity index (χ1n) is 5.31. The van der Waals surface area contributed by atoms with Gasteiger partial charge in [0.05, 0.1) is 10.5 Å². The normalized spacial score (nSPS) is 11.3. The molecule has 0 unspecified atom stereocenters. The molecule has 5 nitrogen and oxygen atoms in total. The summed E-state index contributed by atoms with van der Waals surface area (Å²) in [4.78, 5) is 21.9. The van der Waals surface area contributed by atoms with Gasteiger partial charge in [-0.3, -0.25) is 10.1 Å². The number of hydrogen-bond donors (Lipinski definition) is 1. The van der Waals surface area contributed by atoms with E-state index in [-0.39, 0.29) is 11.3 Å². The van der Waals surface area contributed by atoms with Crippen molar-refractivity contribution in [2.45, 2.75) is 0 Å². The summed E-state index contributed by atoms with van der Waals surface area (Å²) in [7, 11) is 0.